The summed E-state index contributed by atoms with van der Waals surface area (Å²) in [5.74, 6) is 2.36. The zero-order chi connectivity index (χ0) is 18.1. The van der Waals surface area contributed by atoms with Crippen molar-refractivity contribution in [1.82, 2.24) is 29.9 Å². The fourth-order valence-electron chi connectivity index (χ4n) is 3.86. The van der Waals surface area contributed by atoms with Gasteiger partial charge in [-0.05, 0) is 64.4 Å². The predicted octanol–water partition coefficient (Wildman–Crippen LogP) is 3.30. The quantitative estimate of drug-likeness (QED) is 0.784. The molecule has 1 aliphatic rings. The van der Waals surface area contributed by atoms with Crippen LogP contribution >= 0.6 is 0 Å². The van der Waals surface area contributed by atoms with Crippen LogP contribution in [0.15, 0.2) is 30.3 Å². The molecule has 0 amide bonds. The van der Waals surface area contributed by atoms with Crippen molar-refractivity contribution in [2.45, 2.75) is 46.1 Å². The van der Waals surface area contributed by atoms with Gasteiger partial charge in [0.1, 0.15) is 5.82 Å². The highest BCUT2D eigenvalue weighted by Crippen LogP contribution is 2.27. The van der Waals surface area contributed by atoms with Crippen molar-refractivity contribution in [3.8, 4) is 5.69 Å². The number of hydrogen-bond donors (Lipinski definition) is 1. The summed E-state index contributed by atoms with van der Waals surface area (Å²) in [5.41, 5.74) is 4.74. The largest absolute Gasteiger partial charge is 0.299 e. The Morgan fingerprint density at radius 3 is 2.54 bits per heavy atom. The minimum Gasteiger partial charge on any atom is -0.299 e. The van der Waals surface area contributed by atoms with Crippen molar-refractivity contribution in [2.75, 3.05) is 13.1 Å². The van der Waals surface area contributed by atoms with Crippen molar-refractivity contribution < 1.29 is 0 Å². The first-order valence-corrected chi connectivity index (χ1v) is 9.33. The molecule has 3 aromatic rings. The SMILES string of the molecule is Cc1cc(C)n(-c2ccccc2CN2CCC(c3n[nH]c(C)n3)CC2)n1. The smallest absolute Gasteiger partial charge is 0.153 e. The van der Waals surface area contributed by atoms with Gasteiger partial charge in [0, 0.05) is 18.2 Å². The third-order valence-corrected chi connectivity index (χ3v) is 5.19. The molecule has 1 saturated heterocycles. The Labute approximate surface area is 154 Å². The van der Waals surface area contributed by atoms with E-state index in [0.717, 1.165) is 49.8 Å². The van der Waals surface area contributed by atoms with Crippen molar-refractivity contribution in [3.63, 3.8) is 0 Å². The fourth-order valence-corrected chi connectivity index (χ4v) is 3.86. The molecule has 0 atom stereocenters. The van der Waals surface area contributed by atoms with E-state index < -0.39 is 0 Å². The minimum absolute atomic E-state index is 0.474. The van der Waals surface area contributed by atoms with Crippen LogP contribution in [0.5, 0.6) is 0 Å². The Hall–Kier alpha value is -2.47. The van der Waals surface area contributed by atoms with Crippen LogP contribution in [-0.2, 0) is 6.54 Å². The zero-order valence-electron chi connectivity index (χ0n) is 15.7. The highest BCUT2D eigenvalue weighted by atomic mass is 15.3. The van der Waals surface area contributed by atoms with E-state index >= 15 is 0 Å². The molecule has 0 radical (unpaired) electrons. The van der Waals surface area contributed by atoms with Gasteiger partial charge in [-0.2, -0.15) is 10.2 Å². The first-order chi connectivity index (χ1) is 12.6. The van der Waals surface area contributed by atoms with Crippen LogP contribution in [0.1, 0.15) is 47.4 Å². The van der Waals surface area contributed by atoms with E-state index in [1.54, 1.807) is 0 Å². The molecule has 6 heteroatoms. The van der Waals surface area contributed by atoms with Crippen molar-refractivity contribution >= 4 is 0 Å². The lowest BCUT2D eigenvalue weighted by Gasteiger charge is -2.31. The molecule has 1 aliphatic heterocycles. The lowest BCUT2D eigenvalue weighted by molar-refractivity contribution is 0.201. The van der Waals surface area contributed by atoms with Crippen molar-refractivity contribution in [3.05, 3.63) is 58.9 Å². The molecular weight excluding hydrogens is 324 g/mol. The number of nitrogens with one attached hydrogen (secondary N) is 1. The number of aromatic nitrogens is 5. The molecule has 6 nitrogen and oxygen atoms in total. The van der Waals surface area contributed by atoms with Gasteiger partial charge in [-0.3, -0.25) is 10.00 Å². The van der Waals surface area contributed by atoms with Crippen molar-refractivity contribution in [2.24, 2.45) is 0 Å². The number of aryl methyl sites for hydroxylation is 3. The Morgan fingerprint density at radius 2 is 1.88 bits per heavy atom. The standard InChI is InChI=1S/C20H26N6/c1-14-12-15(2)26(24-14)19-7-5-4-6-18(19)13-25-10-8-17(9-11-25)20-21-16(3)22-23-20/h4-7,12,17H,8-11,13H2,1-3H3,(H,21,22,23). The maximum atomic E-state index is 4.67. The van der Waals surface area contributed by atoms with Gasteiger partial charge in [-0.1, -0.05) is 18.2 Å². The van der Waals surface area contributed by atoms with Crippen LogP contribution in [-0.4, -0.2) is 43.0 Å². The molecule has 0 bridgehead atoms. The number of rotatable bonds is 4. The molecule has 3 heterocycles. The number of H-pyrrole nitrogens is 1. The molecule has 0 spiro atoms. The average Bonchev–Trinajstić information content (AvgIpc) is 3.21. The van der Waals surface area contributed by atoms with Crippen LogP contribution < -0.4 is 0 Å². The van der Waals surface area contributed by atoms with E-state index in [1.807, 2.05) is 13.8 Å². The van der Waals surface area contributed by atoms with Crippen molar-refractivity contribution in [1.29, 1.82) is 0 Å². The van der Waals surface area contributed by atoms with Gasteiger partial charge < -0.3 is 0 Å². The predicted molar refractivity (Wildman–Crippen MR) is 101 cm³/mol. The number of likely N-dealkylation sites (tertiary alicyclic amines) is 1. The first-order valence-electron chi connectivity index (χ1n) is 9.33. The van der Waals surface area contributed by atoms with E-state index in [1.165, 1.54) is 16.9 Å². The molecule has 1 N–H and O–H groups in total. The van der Waals surface area contributed by atoms with Crippen LogP contribution in [0.3, 0.4) is 0 Å². The number of aromatic amines is 1. The topological polar surface area (TPSA) is 62.6 Å². The molecule has 2 aromatic heterocycles. The van der Waals surface area contributed by atoms with Crippen LogP contribution in [0.25, 0.3) is 5.69 Å². The monoisotopic (exact) mass is 350 g/mol. The number of hydrogen-bond acceptors (Lipinski definition) is 4. The normalized spacial score (nSPS) is 16.3. The summed E-state index contributed by atoms with van der Waals surface area (Å²) in [6.07, 6.45) is 2.22. The number of piperidine rings is 1. The second-order valence-corrected chi connectivity index (χ2v) is 7.30. The maximum absolute atomic E-state index is 4.67. The van der Waals surface area contributed by atoms with Gasteiger partial charge in [0.15, 0.2) is 5.82 Å². The number of nitrogens with zero attached hydrogens (tertiary/aromatic N) is 5. The van der Waals surface area contributed by atoms with E-state index in [0.29, 0.717) is 5.92 Å². The average molecular weight is 350 g/mol. The van der Waals surface area contributed by atoms with Crippen LogP contribution in [0.2, 0.25) is 0 Å². The molecule has 0 aliphatic carbocycles. The molecular formula is C20H26N6. The van der Waals surface area contributed by atoms with Crippen LogP contribution in [0, 0.1) is 20.8 Å². The van der Waals surface area contributed by atoms with E-state index in [2.05, 4.69) is 67.1 Å². The minimum atomic E-state index is 0.474. The molecule has 4 rings (SSSR count). The molecule has 0 saturated carbocycles. The summed E-state index contributed by atoms with van der Waals surface area (Å²) in [6, 6.07) is 10.7. The second-order valence-electron chi connectivity index (χ2n) is 7.30. The Balaban J connectivity index is 1.47. The summed E-state index contributed by atoms with van der Waals surface area (Å²) in [5, 5.41) is 12.0. The van der Waals surface area contributed by atoms with E-state index in [9.17, 15) is 0 Å². The van der Waals surface area contributed by atoms with Gasteiger partial charge >= 0.3 is 0 Å². The van der Waals surface area contributed by atoms with Gasteiger partial charge in [0.25, 0.3) is 0 Å². The first kappa shape index (κ1) is 17.0. The summed E-state index contributed by atoms with van der Waals surface area (Å²) in [4.78, 5) is 7.04. The number of benzene rings is 1. The Bertz CT molecular complexity index is 885. The van der Waals surface area contributed by atoms with E-state index in [4.69, 9.17) is 0 Å². The molecule has 26 heavy (non-hydrogen) atoms. The Morgan fingerprint density at radius 1 is 1.12 bits per heavy atom. The highest BCUT2D eigenvalue weighted by molar-refractivity contribution is 5.42. The summed E-state index contributed by atoms with van der Waals surface area (Å²) >= 11 is 0. The van der Waals surface area contributed by atoms with Gasteiger partial charge in [-0.15, -0.1) is 0 Å². The van der Waals surface area contributed by atoms with Gasteiger partial charge in [-0.25, -0.2) is 9.67 Å². The molecule has 1 aromatic carbocycles. The lowest BCUT2D eigenvalue weighted by atomic mass is 9.95. The lowest BCUT2D eigenvalue weighted by Crippen LogP contribution is -2.33. The van der Waals surface area contributed by atoms with Gasteiger partial charge in [0.2, 0.25) is 0 Å². The summed E-state index contributed by atoms with van der Waals surface area (Å²) in [6.45, 7) is 9.21. The number of para-hydroxylation sites is 1. The third kappa shape index (κ3) is 3.42. The second kappa shape index (κ2) is 7.03. The summed E-state index contributed by atoms with van der Waals surface area (Å²) < 4.78 is 2.06. The zero-order valence-corrected chi connectivity index (χ0v) is 15.7. The Kier molecular flexibility index (Phi) is 4.59. The highest BCUT2D eigenvalue weighted by Gasteiger charge is 2.24. The molecule has 0 unspecified atom stereocenters. The van der Waals surface area contributed by atoms with E-state index in [-0.39, 0.29) is 0 Å². The molecule has 136 valence electrons. The fraction of sp³-hybridized carbons (Fsp3) is 0.450. The van der Waals surface area contributed by atoms with Crippen LogP contribution in [0.4, 0.5) is 0 Å². The third-order valence-electron chi connectivity index (χ3n) is 5.19. The maximum Gasteiger partial charge on any atom is 0.153 e. The molecule has 1 fully saturated rings. The van der Waals surface area contributed by atoms with Gasteiger partial charge in [0.05, 0.1) is 11.4 Å². The summed E-state index contributed by atoms with van der Waals surface area (Å²) in [7, 11) is 0.